The minimum atomic E-state index is -0.784. The van der Waals surface area contributed by atoms with E-state index in [1.54, 1.807) is 17.8 Å². The Kier molecular flexibility index (Phi) is 8.74. The molecular weight excluding hydrogens is 424 g/mol. The van der Waals surface area contributed by atoms with Gasteiger partial charge in [-0.15, -0.1) is 6.58 Å². The first-order valence-corrected chi connectivity index (χ1v) is 11.2. The normalized spacial score (nSPS) is 12.2. The topological polar surface area (TPSA) is 50.5 Å². The zero-order valence-electron chi connectivity index (χ0n) is 19.2. The number of aliphatic hydroxyl groups excluding tert-OH is 1. The lowest BCUT2D eigenvalue weighted by Gasteiger charge is -2.25. The zero-order valence-corrected chi connectivity index (χ0v) is 19.2. The van der Waals surface area contributed by atoms with Gasteiger partial charge in [0, 0.05) is 31.8 Å². The monoisotopic (exact) mass is 455 g/mol. The molecule has 0 unspecified atom stereocenters. The van der Waals surface area contributed by atoms with Gasteiger partial charge in [-0.25, -0.2) is 13.5 Å². The Balaban J connectivity index is 1.99. The van der Waals surface area contributed by atoms with Crippen LogP contribution in [0.4, 0.5) is 8.78 Å². The number of aryl methyl sites for hydroxylation is 1. The molecule has 0 saturated carbocycles. The van der Waals surface area contributed by atoms with Gasteiger partial charge in [0.05, 0.1) is 11.7 Å². The molecule has 0 amide bonds. The van der Waals surface area contributed by atoms with Crippen LogP contribution in [0.3, 0.4) is 0 Å². The number of halogens is 2. The number of rotatable bonds is 12. The van der Waals surface area contributed by atoms with Gasteiger partial charge in [0.2, 0.25) is 5.88 Å². The van der Waals surface area contributed by atoms with Crippen LogP contribution in [0.5, 0.6) is 11.6 Å². The van der Waals surface area contributed by atoms with Crippen molar-refractivity contribution in [3.8, 4) is 22.9 Å². The number of hydrogen-bond acceptors (Lipinski definition) is 4. The lowest BCUT2D eigenvalue weighted by Crippen LogP contribution is -2.33. The fourth-order valence-corrected chi connectivity index (χ4v) is 3.79. The molecule has 1 atom stereocenters. The van der Waals surface area contributed by atoms with Crippen LogP contribution in [0.15, 0.2) is 61.2 Å². The van der Waals surface area contributed by atoms with Crippen LogP contribution >= 0.6 is 0 Å². The van der Waals surface area contributed by atoms with E-state index in [0.29, 0.717) is 25.4 Å². The highest BCUT2D eigenvalue weighted by atomic mass is 19.1. The molecule has 0 aliphatic carbocycles. The van der Waals surface area contributed by atoms with E-state index in [4.69, 9.17) is 4.74 Å². The van der Waals surface area contributed by atoms with Crippen molar-refractivity contribution in [2.75, 3.05) is 13.1 Å². The fraction of sp³-hybridized carbons (Fsp3) is 0.346. The highest BCUT2D eigenvalue weighted by molar-refractivity contribution is 5.65. The summed E-state index contributed by atoms with van der Waals surface area (Å²) in [5.41, 5.74) is 2.40. The summed E-state index contributed by atoms with van der Waals surface area (Å²) in [5, 5.41) is 15.1. The van der Waals surface area contributed by atoms with Crippen LogP contribution in [0.25, 0.3) is 11.3 Å². The first-order chi connectivity index (χ1) is 15.9. The van der Waals surface area contributed by atoms with E-state index in [2.05, 4.69) is 23.5 Å². The Morgan fingerprint density at radius 3 is 2.64 bits per heavy atom. The molecule has 0 spiro atoms. The van der Waals surface area contributed by atoms with Crippen LogP contribution in [-0.4, -0.2) is 39.0 Å². The van der Waals surface area contributed by atoms with Crippen molar-refractivity contribution in [2.24, 2.45) is 7.05 Å². The molecule has 0 fully saturated rings. The number of ether oxygens (including phenoxy) is 1. The van der Waals surface area contributed by atoms with Crippen LogP contribution in [0.1, 0.15) is 31.7 Å². The molecule has 7 heteroatoms. The summed E-state index contributed by atoms with van der Waals surface area (Å²) in [7, 11) is 1.73. The lowest BCUT2D eigenvalue weighted by atomic mass is 10.1. The Morgan fingerprint density at radius 1 is 1.21 bits per heavy atom. The van der Waals surface area contributed by atoms with Crippen molar-refractivity contribution in [1.29, 1.82) is 0 Å². The number of nitrogens with zero attached hydrogens (tertiary/aromatic N) is 3. The minimum absolute atomic E-state index is 0.0756. The van der Waals surface area contributed by atoms with E-state index in [9.17, 15) is 13.9 Å². The number of hydrogen-bond donors (Lipinski definition) is 1. The van der Waals surface area contributed by atoms with Crippen LogP contribution in [0.2, 0.25) is 0 Å². The highest BCUT2D eigenvalue weighted by Gasteiger charge is 2.24. The van der Waals surface area contributed by atoms with Gasteiger partial charge < -0.3 is 9.84 Å². The molecule has 3 rings (SSSR count). The summed E-state index contributed by atoms with van der Waals surface area (Å²) >= 11 is 0. The molecule has 0 saturated heterocycles. The zero-order chi connectivity index (χ0) is 23.8. The first kappa shape index (κ1) is 24.6. The SMILES string of the molecule is C=CCC[C@H](O)CN(CCC)Cc1c(-c2ccccc2)nn(C)c1Oc1ccc(F)cc1F. The summed E-state index contributed by atoms with van der Waals surface area (Å²) < 4.78 is 35.2. The third kappa shape index (κ3) is 6.49. The molecule has 33 heavy (non-hydrogen) atoms. The van der Waals surface area contributed by atoms with Crippen molar-refractivity contribution >= 4 is 0 Å². The van der Waals surface area contributed by atoms with E-state index in [1.165, 1.54) is 6.07 Å². The number of benzene rings is 2. The molecule has 2 aromatic carbocycles. The smallest absolute Gasteiger partial charge is 0.222 e. The van der Waals surface area contributed by atoms with Gasteiger partial charge in [-0.3, -0.25) is 4.90 Å². The second-order valence-corrected chi connectivity index (χ2v) is 8.05. The summed E-state index contributed by atoms with van der Waals surface area (Å²) in [4.78, 5) is 2.14. The summed E-state index contributed by atoms with van der Waals surface area (Å²) in [5.74, 6) is -1.15. The Hall–Kier alpha value is -3.03. The van der Waals surface area contributed by atoms with Gasteiger partial charge in [0.15, 0.2) is 11.6 Å². The minimum Gasteiger partial charge on any atom is -0.436 e. The average molecular weight is 456 g/mol. The summed E-state index contributed by atoms with van der Waals surface area (Å²) in [6.45, 7) is 7.50. The fourth-order valence-electron chi connectivity index (χ4n) is 3.79. The van der Waals surface area contributed by atoms with Gasteiger partial charge in [-0.05, 0) is 37.9 Å². The van der Waals surface area contributed by atoms with E-state index >= 15 is 0 Å². The molecule has 0 aliphatic rings. The van der Waals surface area contributed by atoms with Crippen molar-refractivity contribution in [3.63, 3.8) is 0 Å². The first-order valence-electron chi connectivity index (χ1n) is 11.2. The van der Waals surface area contributed by atoms with Crippen molar-refractivity contribution < 1.29 is 18.6 Å². The standard InChI is InChI=1S/C26H31F2N3O2/c1-4-6-12-21(32)17-31(15-5-2)18-22-25(19-10-8-7-9-11-19)29-30(3)26(22)33-24-14-13-20(27)16-23(24)28/h4,7-11,13-14,16,21,32H,1,5-6,12,15,17-18H2,2-3H3/t21-/m0/s1. The van der Waals surface area contributed by atoms with Crippen LogP contribution < -0.4 is 4.74 Å². The predicted molar refractivity (Wildman–Crippen MR) is 126 cm³/mol. The lowest BCUT2D eigenvalue weighted by molar-refractivity contribution is 0.102. The van der Waals surface area contributed by atoms with Crippen LogP contribution in [-0.2, 0) is 13.6 Å². The summed E-state index contributed by atoms with van der Waals surface area (Å²) in [6.07, 6.45) is 3.57. The molecule has 1 aromatic heterocycles. The second-order valence-electron chi connectivity index (χ2n) is 8.05. The Labute approximate surface area is 193 Å². The van der Waals surface area contributed by atoms with E-state index in [0.717, 1.165) is 48.3 Å². The average Bonchev–Trinajstić information content (AvgIpc) is 3.10. The molecule has 1 N–H and O–H groups in total. The van der Waals surface area contributed by atoms with Gasteiger partial charge in [0.25, 0.3) is 0 Å². The van der Waals surface area contributed by atoms with Crippen LogP contribution in [0, 0.1) is 11.6 Å². The second kappa shape index (κ2) is 11.7. The van der Waals surface area contributed by atoms with Gasteiger partial charge in [-0.2, -0.15) is 5.10 Å². The largest absolute Gasteiger partial charge is 0.436 e. The molecular formula is C26H31F2N3O2. The van der Waals surface area contributed by atoms with E-state index in [1.807, 2.05) is 30.3 Å². The molecule has 176 valence electrons. The molecule has 0 aliphatic heterocycles. The molecule has 0 radical (unpaired) electrons. The number of aliphatic hydroxyl groups is 1. The predicted octanol–water partition coefficient (Wildman–Crippen LogP) is 5.70. The molecule has 0 bridgehead atoms. The quantitative estimate of drug-likeness (QED) is 0.356. The Bertz CT molecular complexity index is 1050. The van der Waals surface area contributed by atoms with Gasteiger partial charge >= 0.3 is 0 Å². The maximum Gasteiger partial charge on any atom is 0.222 e. The maximum atomic E-state index is 14.4. The van der Waals surface area contributed by atoms with E-state index in [-0.39, 0.29) is 5.75 Å². The van der Waals surface area contributed by atoms with Crippen molar-refractivity contribution in [2.45, 2.75) is 38.8 Å². The van der Waals surface area contributed by atoms with Crippen molar-refractivity contribution in [3.05, 3.63) is 78.4 Å². The molecule has 1 heterocycles. The van der Waals surface area contributed by atoms with Crippen molar-refractivity contribution in [1.82, 2.24) is 14.7 Å². The molecule has 3 aromatic rings. The summed E-state index contributed by atoms with van der Waals surface area (Å²) in [6, 6.07) is 12.9. The molecule has 5 nitrogen and oxygen atoms in total. The van der Waals surface area contributed by atoms with Gasteiger partial charge in [-0.1, -0.05) is 43.3 Å². The number of aromatic nitrogens is 2. The Morgan fingerprint density at radius 2 is 1.97 bits per heavy atom. The van der Waals surface area contributed by atoms with E-state index < -0.39 is 17.7 Å². The van der Waals surface area contributed by atoms with Gasteiger partial charge in [0.1, 0.15) is 11.5 Å². The third-order valence-electron chi connectivity index (χ3n) is 5.33. The number of allylic oxidation sites excluding steroid dienone is 1. The third-order valence-corrected chi connectivity index (χ3v) is 5.33. The maximum absolute atomic E-state index is 14.4. The highest BCUT2D eigenvalue weighted by Crippen LogP contribution is 2.35.